The van der Waals surface area contributed by atoms with Gasteiger partial charge in [0.15, 0.2) is 0 Å². The summed E-state index contributed by atoms with van der Waals surface area (Å²) >= 11 is 0. The van der Waals surface area contributed by atoms with Crippen molar-refractivity contribution in [2.45, 2.75) is 62.2 Å². The van der Waals surface area contributed by atoms with Gasteiger partial charge in [0.25, 0.3) is 0 Å². The van der Waals surface area contributed by atoms with E-state index in [1.165, 1.54) is 0 Å². The highest BCUT2D eigenvalue weighted by Crippen LogP contribution is 2.45. The van der Waals surface area contributed by atoms with Crippen LogP contribution in [0.25, 0.3) is 0 Å². The van der Waals surface area contributed by atoms with Crippen LogP contribution < -0.4 is 5.73 Å². The highest BCUT2D eigenvalue weighted by atomic mass is 16.4. The number of carbonyl (C=O) groups is 1. The van der Waals surface area contributed by atoms with Crippen LogP contribution in [0, 0.1) is 0 Å². The lowest BCUT2D eigenvalue weighted by molar-refractivity contribution is -0.147. The minimum Gasteiger partial charge on any atom is -0.480 e. The van der Waals surface area contributed by atoms with Gasteiger partial charge in [-0.2, -0.15) is 0 Å². The van der Waals surface area contributed by atoms with Gasteiger partial charge in [-0.15, -0.1) is 0 Å². The van der Waals surface area contributed by atoms with Crippen LogP contribution in [0.15, 0.2) is 24.3 Å². The normalized spacial score (nSPS) is 45.6. The first-order chi connectivity index (χ1) is 8.95. The van der Waals surface area contributed by atoms with Crippen LogP contribution >= 0.6 is 0 Å². The van der Waals surface area contributed by atoms with Crippen LogP contribution in [0.1, 0.15) is 39.0 Å². The van der Waals surface area contributed by atoms with Gasteiger partial charge in [-0.1, -0.05) is 24.3 Å². The number of nitrogens with zero attached hydrogens (tertiary/aromatic N) is 1. The molecule has 1 aliphatic carbocycles. The number of aliphatic carboxylic acids is 1. The summed E-state index contributed by atoms with van der Waals surface area (Å²) in [7, 11) is 0. The standard InChI is InChI=1S/C15H22N2O2/c1-14(7-3-2-4-8-14)17-11-5-6-12(17)10-15(16,9-11)13(18)19/h2-4,7,11-12H,5-6,8-10,16H2,1H3,(H,18,19). The fraction of sp³-hybridized carbons (Fsp3) is 0.667. The summed E-state index contributed by atoms with van der Waals surface area (Å²) in [4.78, 5) is 13.9. The van der Waals surface area contributed by atoms with Gasteiger partial charge < -0.3 is 10.8 Å². The zero-order valence-electron chi connectivity index (χ0n) is 11.4. The SMILES string of the molecule is CC1(N2C3CCC2CC(N)(C(=O)O)C3)C=CC=CC1. The van der Waals surface area contributed by atoms with Gasteiger partial charge in [-0.3, -0.25) is 9.69 Å². The Bertz CT molecular complexity index is 443. The molecule has 0 aromatic heterocycles. The average Bonchev–Trinajstić information content (AvgIpc) is 2.64. The lowest BCUT2D eigenvalue weighted by Crippen LogP contribution is -2.64. The first kappa shape index (κ1) is 12.9. The number of hydrogen-bond donors (Lipinski definition) is 2. The molecule has 2 bridgehead atoms. The third kappa shape index (κ3) is 1.94. The molecule has 2 saturated heterocycles. The van der Waals surface area contributed by atoms with Crippen LogP contribution in [0.2, 0.25) is 0 Å². The van der Waals surface area contributed by atoms with Gasteiger partial charge in [0.2, 0.25) is 0 Å². The van der Waals surface area contributed by atoms with Crippen molar-refractivity contribution in [3.63, 3.8) is 0 Å². The quantitative estimate of drug-likeness (QED) is 0.794. The van der Waals surface area contributed by atoms with E-state index in [2.05, 4.69) is 36.1 Å². The predicted molar refractivity (Wildman–Crippen MR) is 73.7 cm³/mol. The van der Waals surface area contributed by atoms with Crippen molar-refractivity contribution >= 4 is 5.97 Å². The van der Waals surface area contributed by atoms with Crippen molar-refractivity contribution in [3.05, 3.63) is 24.3 Å². The molecule has 2 fully saturated rings. The maximum atomic E-state index is 11.4. The topological polar surface area (TPSA) is 66.6 Å². The Balaban J connectivity index is 1.86. The van der Waals surface area contributed by atoms with Crippen molar-refractivity contribution in [2.24, 2.45) is 5.73 Å². The van der Waals surface area contributed by atoms with Crippen molar-refractivity contribution in [3.8, 4) is 0 Å². The molecular weight excluding hydrogens is 240 g/mol. The first-order valence-corrected chi connectivity index (χ1v) is 7.10. The molecule has 0 amide bonds. The maximum absolute atomic E-state index is 11.4. The van der Waals surface area contributed by atoms with E-state index in [1.54, 1.807) is 0 Å². The summed E-state index contributed by atoms with van der Waals surface area (Å²) in [6.07, 6.45) is 12.9. The van der Waals surface area contributed by atoms with Gasteiger partial charge in [-0.05, 0) is 39.0 Å². The van der Waals surface area contributed by atoms with E-state index in [4.69, 9.17) is 5.73 Å². The molecule has 3 atom stereocenters. The van der Waals surface area contributed by atoms with E-state index in [1.807, 2.05) is 0 Å². The molecule has 104 valence electrons. The minimum atomic E-state index is -1.02. The molecule has 3 N–H and O–H groups in total. The molecule has 0 aromatic carbocycles. The molecule has 0 spiro atoms. The lowest BCUT2D eigenvalue weighted by atomic mass is 9.79. The van der Waals surface area contributed by atoms with Crippen LogP contribution in [0.3, 0.4) is 0 Å². The molecule has 2 heterocycles. The van der Waals surface area contributed by atoms with Crippen molar-refractivity contribution < 1.29 is 9.90 Å². The maximum Gasteiger partial charge on any atom is 0.323 e. The third-order valence-corrected chi connectivity index (χ3v) is 5.07. The van der Waals surface area contributed by atoms with E-state index in [-0.39, 0.29) is 5.54 Å². The summed E-state index contributed by atoms with van der Waals surface area (Å²) in [6.45, 7) is 2.25. The molecule has 4 heteroatoms. The van der Waals surface area contributed by atoms with Gasteiger partial charge >= 0.3 is 5.97 Å². The Labute approximate surface area is 114 Å². The van der Waals surface area contributed by atoms with Crippen LogP contribution in [0.5, 0.6) is 0 Å². The zero-order chi connectivity index (χ0) is 13.7. The number of piperidine rings is 1. The smallest absolute Gasteiger partial charge is 0.323 e. The number of rotatable bonds is 2. The number of hydrogen-bond acceptors (Lipinski definition) is 3. The van der Waals surface area contributed by atoms with Crippen LogP contribution in [-0.2, 0) is 4.79 Å². The Kier molecular flexibility index (Phi) is 2.84. The van der Waals surface area contributed by atoms with E-state index in [0.29, 0.717) is 24.9 Å². The Hall–Kier alpha value is -1.13. The predicted octanol–water partition coefficient (Wildman–Crippen LogP) is 1.67. The van der Waals surface area contributed by atoms with Gasteiger partial charge in [0.1, 0.15) is 5.54 Å². The monoisotopic (exact) mass is 262 g/mol. The largest absolute Gasteiger partial charge is 0.480 e. The number of carboxylic acid groups (broad SMARTS) is 1. The second-order valence-electron chi connectivity index (χ2n) is 6.51. The number of carboxylic acids is 1. The second-order valence-corrected chi connectivity index (χ2v) is 6.51. The van der Waals surface area contributed by atoms with E-state index in [0.717, 1.165) is 19.3 Å². The summed E-state index contributed by atoms with van der Waals surface area (Å²) in [5.41, 5.74) is 5.11. The lowest BCUT2D eigenvalue weighted by Gasteiger charge is -2.50. The van der Waals surface area contributed by atoms with Crippen molar-refractivity contribution in [1.82, 2.24) is 4.90 Å². The zero-order valence-corrected chi connectivity index (χ0v) is 11.4. The second kappa shape index (κ2) is 4.18. The number of allylic oxidation sites excluding steroid dienone is 2. The molecular formula is C15H22N2O2. The molecule has 3 unspecified atom stereocenters. The van der Waals surface area contributed by atoms with Crippen molar-refractivity contribution in [1.29, 1.82) is 0 Å². The van der Waals surface area contributed by atoms with Gasteiger partial charge in [-0.25, -0.2) is 0 Å². The fourth-order valence-electron chi connectivity index (χ4n) is 4.20. The minimum absolute atomic E-state index is 0.0282. The van der Waals surface area contributed by atoms with E-state index < -0.39 is 11.5 Å². The molecule has 0 saturated carbocycles. The molecule has 3 aliphatic rings. The van der Waals surface area contributed by atoms with Crippen molar-refractivity contribution in [2.75, 3.05) is 0 Å². The Morgan fingerprint density at radius 1 is 1.32 bits per heavy atom. The van der Waals surface area contributed by atoms with E-state index >= 15 is 0 Å². The molecule has 19 heavy (non-hydrogen) atoms. The molecule has 3 rings (SSSR count). The highest BCUT2D eigenvalue weighted by molar-refractivity contribution is 5.79. The van der Waals surface area contributed by atoms with E-state index in [9.17, 15) is 9.90 Å². The van der Waals surface area contributed by atoms with Gasteiger partial charge in [0.05, 0.1) is 0 Å². The summed E-state index contributed by atoms with van der Waals surface area (Å²) in [5.74, 6) is -0.840. The summed E-state index contributed by atoms with van der Waals surface area (Å²) in [6, 6.07) is 0.613. The van der Waals surface area contributed by atoms with Crippen LogP contribution in [-0.4, -0.2) is 39.1 Å². The fourth-order valence-corrected chi connectivity index (χ4v) is 4.20. The first-order valence-electron chi connectivity index (χ1n) is 7.10. The molecule has 4 nitrogen and oxygen atoms in total. The number of nitrogens with two attached hydrogens (primary N) is 1. The van der Waals surface area contributed by atoms with Crippen LogP contribution in [0.4, 0.5) is 0 Å². The van der Waals surface area contributed by atoms with Gasteiger partial charge in [0, 0.05) is 17.6 Å². The highest BCUT2D eigenvalue weighted by Gasteiger charge is 2.54. The summed E-state index contributed by atoms with van der Waals surface area (Å²) in [5, 5.41) is 9.35. The molecule has 0 radical (unpaired) electrons. The summed E-state index contributed by atoms with van der Waals surface area (Å²) < 4.78 is 0. The average molecular weight is 262 g/mol. The molecule has 2 aliphatic heterocycles. The Morgan fingerprint density at radius 3 is 2.42 bits per heavy atom. The third-order valence-electron chi connectivity index (χ3n) is 5.07. The molecule has 0 aromatic rings. The number of fused-ring (bicyclic) bond motifs is 2. The Morgan fingerprint density at radius 2 is 1.95 bits per heavy atom.